The molecule has 34 heavy (non-hydrogen) atoms. The Bertz CT molecular complexity index is 1240. The van der Waals surface area contributed by atoms with Gasteiger partial charge in [-0.2, -0.15) is 18.4 Å². The SMILES string of the molecule is N#Cc1ccc(N2C(=O)C3(CCC3)N(c3ccc4c(c3)SC[C@@H](CO)O4)C2=S)cc1C(F)(F)F. The van der Waals surface area contributed by atoms with Crippen LogP contribution in [0.5, 0.6) is 5.75 Å². The molecule has 2 aliphatic heterocycles. The standard InChI is InChI=1S/C23H18F3N3O3S2/c24-23(25,26)17-8-14(3-2-13(17)10-27)28-20(31)22(6-1-7-22)29(21(28)33)15-4-5-18-19(9-15)34-12-16(11-30)32-18/h2-5,8-9,16,30H,1,6-7,11-12H2/t16-/m1/s1. The minimum absolute atomic E-state index is 0.0171. The van der Waals surface area contributed by atoms with Crippen LogP contribution >= 0.6 is 24.0 Å². The van der Waals surface area contributed by atoms with E-state index in [1.807, 2.05) is 6.07 Å². The van der Waals surface area contributed by atoms with Crippen LogP contribution in [-0.2, 0) is 11.0 Å². The number of carbonyl (C=O) groups excluding carboxylic acids is 1. The normalized spacial score (nSPS) is 21.2. The van der Waals surface area contributed by atoms with Gasteiger partial charge in [0.15, 0.2) is 5.11 Å². The van der Waals surface area contributed by atoms with E-state index in [0.717, 1.165) is 28.3 Å². The van der Waals surface area contributed by atoms with Gasteiger partial charge >= 0.3 is 6.18 Å². The van der Waals surface area contributed by atoms with Crippen molar-refractivity contribution >= 4 is 46.4 Å². The summed E-state index contributed by atoms with van der Waals surface area (Å²) < 4.78 is 46.4. The smallest absolute Gasteiger partial charge is 0.417 e. The maximum atomic E-state index is 13.6. The Morgan fingerprint density at radius 1 is 1.24 bits per heavy atom. The first-order valence-electron chi connectivity index (χ1n) is 10.5. The summed E-state index contributed by atoms with van der Waals surface area (Å²) in [5, 5.41) is 18.6. The highest BCUT2D eigenvalue weighted by Crippen LogP contribution is 2.49. The number of thiocarbonyl (C=S) groups is 1. The molecule has 11 heteroatoms. The van der Waals surface area contributed by atoms with Crippen molar-refractivity contribution in [3.05, 3.63) is 47.5 Å². The Balaban J connectivity index is 1.55. The summed E-state index contributed by atoms with van der Waals surface area (Å²) in [6, 6.07) is 10.1. The van der Waals surface area contributed by atoms with E-state index in [2.05, 4.69) is 0 Å². The number of aliphatic hydroxyl groups is 1. The lowest BCUT2D eigenvalue weighted by Gasteiger charge is -2.43. The van der Waals surface area contributed by atoms with E-state index < -0.39 is 22.8 Å². The number of nitrogens with zero attached hydrogens (tertiary/aromatic N) is 3. The maximum Gasteiger partial charge on any atom is 0.417 e. The van der Waals surface area contributed by atoms with Crippen molar-refractivity contribution in [2.24, 2.45) is 0 Å². The summed E-state index contributed by atoms with van der Waals surface area (Å²) in [5.41, 5.74) is -1.94. The molecule has 1 aliphatic carbocycles. The molecule has 2 fully saturated rings. The van der Waals surface area contributed by atoms with Gasteiger partial charge in [0.25, 0.3) is 5.91 Å². The summed E-state index contributed by atoms with van der Waals surface area (Å²) >= 11 is 7.17. The molecule has 1 saturated heterocycles. The molecule has 2 heterocycles. The number of hydrogen-bond donors (Lipinski definition) is 1. The van der Waals surface area contributed by atoms with Gasteiger partial charge < -0.3 is 14.7 Å². The van der Waals surface area contributed by atoms with E-state index in [1.165, 1.54) is 17.8 Å². The van der Waals surface area contributed by atoms with E-state index in [0.29, 0.717) is 30.0 Å². The number of hydrogen-bond acceptors (Lipinski definition) is 6. The summed E-state index contributed by atoms with van der Waals surface area (Å²) in [4.78, 5) is 17.3. The molecule has 176 valence electrons. The summed E-state index contributed by atoms with van der Waals surface area (Å²) in [7, 11) is 0. The Labute approximate surface area is 202 Å². The molecule has 1 N–H and O–H groups in total. The van der Waals surface area contributed by atoms with Crippen molar-refractivity contribution < 1.29 is 27.8 Å². The van der Waals surface area contributed by atoms with Crippen molar-refractivity contribution in [1.82, 2.24) is 0 Å². The van der Waals surface area contributed by atoms with Crippen LogP contribution in [0.25, 0.3) is 0 Å². The molecular weight excluding hydrogens is 487 g/mol. The summed E-state index contributed by atoms with van der Waals surface area (Å²) in [5.74, 6) is 0.819. The van der Waals surface area contributed by atoms with E-state index in [4.69, 9.17) is 22.2 Å². The number of carbonyl (C=O) groups is 1. The molecule has 0 radical (unpaired) electrons. The van der Waals surface area contributed by atoms with Crippen LogP contribution in [0, 0.1) is 11.3 Å². The predicted molar refractivity (Wildman–Crippen MR) is 124 cm³/mol. The zero-order chi connectivity index (χ0) is 24.3. The predicted octanol–water partition coefficient (Wildman–Crippen LogP) is 4.48. The lowest BCUT2D eigenvalue weighted by atomic mass is 9.75. The molecule has 0 aromatic heterocycles. The van der Waals surface area contributed by atoms with Gasteiger partial charge in [0.2, 0.25) is 0 Å². The van der Waals surface area contributed by atoms with Gasteiger partial charge in [-0.15, -0.1) is 11.8 Å². The Kier molecular flexibility index (Phi) is 5.50. The van der Waals surface area contributed by atoms with Crippen LogP contribution < -0.4 is 14.5 Å². The number of halogens is 3. The van der Waals surface area contributed by atoms with Gasteiger partial charge in [-0.25, -0.2) is 0 Å². The van der Waals surface area contributed by atoms with Crippen LogP contribution in [0.2, 0.25) is 0 Å². The first-order valence-corrected chi connectivity index (χ1v) is 11.9. The molecule has 1 amide bonds. The van der Waals surface area contributed by atoms with E-state index in [9.17, 15) is 23.1 Å². The van der Waals surface area contributed by atoms with E-state index in [-0.39, 0.29) is 29.4 Å². The fourth-order valence-electron chi connectivity index (χ4n) is 4.54. The minimum atomic E-state index is -4.75. The zero-order valence-corrected chi connectivity index (χ0v) is 19.3. The quantitative estimate of drug-likeness (QED) is 0.617. The number of alkyl halides is 3. The van der Waals surface area contributed by atoms with Crippen LogP contribution in [-0.4, -0.2) is 40.1 Å². The number of anilines is 2. The number of ether oxygens (including phenoxy) is 1. The maximum absolute atomic E-state index is 13.6. The van der Waals surface area contributed by atoms with Crippen LogP contribution in [0.15, 0.2) is 41.3 Å². The monoisotopic (exact) mass is 505 g/mol. The minimum Gasteiger partial charge on any atom is -0.486 e. The van der Waals surface area contributed by atoms with Crippen molar-refractivity contribution in [1.29, 1.82) is 5.26 Å². The van der Waals surface area contributed by atoms with Crippen molar-refractivity contribution in [2.75, 3.05) is 22.2 Å². The van der Waals surface area contributed by atoms with Gasteiger partial charge in [0.05, 0.1) is 34.4 Å². The van der Waals surface area contributed by atoms with Gasteiger partial charge in [-0.3, -0.25) is 9.69 Å². The number of nitriles is 1. The highest BCUT2D eigenvalue weighted by Gasteiger charge is 2.59. The summed E-state index contributed by atoms with van der Waals surface area (Å²) in [6.07, 6.45) is -3.20. The molecule has 2 aromatic carbocycles. The average Bonchev–Trinajstić information content (AvgIpc) is 3.04. The molecule has 0 unspecified atom stereocenters. The second-order valence-corrected chi connectivity index (χ2v) is 9.77. The highest BCUT2D eigenvalue weighted by atomic mass is 32.2. The first kappa shape index (κ1) is 23.0. The lowest BCUT2D eigenvalue weighted by molar-refractivity contribution is -0.137. The third kappa shape index (κ3) is 3.43. The van der Waals surface area contributed by atoms with Crippen molar-refractivity contribution in [3.63, 3.8) is 0 Å². The molecule has 1 spiro atoms. The molecule has 2 aromatic rings. The number of fused-ring (bicyclic) bond motifs is 1. The van der Waals surface area contributed by atoms with Crippen LogP contribution in [0.1, 0.15) is 30.4 Å². The molecule has 3 aliphatic rings. The fraction of sp³-hybridized carbons (Fsp3) is 0.348. The number of rotatable bonds is 3. The second-order valence-electron chi connectivity index (χ2n) is 8.35. The molecule has 6 nitrogen and oxygen atoms in total. The van der Waals surface area contributed by atoms with E-state index in [1.54, 1.807) is 23.1 Å². The zero-order valence-electron chi connectivity index (χ0n) is 17.6. The summed E-state index contributed by atoms with van der Waals surface area (Å²) in [6.45, 7) is -0.0958. The van der Waals surface area contributed by atoms with Crippen LogP contribution in [0.3, 0.4) is 0 Å². The van der Waals surface area contributed by atoms with E-state index >= 15 is 0 Å². The third-order valence-electron chi connectivity index (χ3n) is 6.39. The first-order chi connectivity index (χ1) is 16.2. The lowest BCUT2D eigenvalue weighted by Crippen LogP contribution is -2.55. The van der Waals surface area contributed by atoms with Crippen molar-refractivity contribution in [2.45, 2.75) is 42.0 Å². The number of amides is 1. The van der Waals surface area contributed by atoms with Crippen molar-refractivity contribution in [3.8, 4) is 11.8 Å². The molecule has 0 bridgehead atoms. The van der Waals surface area contributed by atoms with Gasteiger partial charge in [-0.05, 0) is 67.9 Å². The largest absolute Gasteiger partial charge is 0.486 e. The fourth-order valence-corrected chi connectivity index (χ4v) is 6.01. The molecule has 1 saturated carbocycles. The Morgan fingerprint density at radius 3 is 2.59 bits per heavy atom. The number of thioether (sulfide) groups is 1. The molecular formula is C23H18F3N3O3S2. The Morgan fingerprint density at radius 2 is 1.97 bits per heavy atom. The topological polar surface area (TPSA) is 76.8 Å². The number of aliphatic hydroxyl groups excluding tert-OH is 1. The van der Waals surface area contributed by atoms with Gasteiger partial charge in [-0.1, -0.05) is 0 Å². The number of benzene rings is 2. The van der Waals surface area contributed by atoms with Gasteiger partial charge in [0, 0.05) is 11.4 Å². The molecule has 5 rings (SSSR count). The molecule has 1 atom stereocenters. The average molecular weight is 506 g/mol. The Hall–Kier alpha value is -2.81. The second kappa shape index (κ2) is 8.15. The van der Waals surface area contributed by atoms with Crippen LogP contribution in [0.4, 0.5) is 24.5 Å². The third-order valence-corrected chi connectivity index (χ3v) is 7.92. The highest BCUT2D eigenvalue weighted by molar-refractivity contribution is 7.99. The van der Waals surface area contributed by atoms with Gasteiger partial charge in [0.1, 0.15) is 17.4 Å².